The Balaban J connectivity index is 2.31. The van der Waals surface area contributed by atoms with Crippen molar-refractivity contribution in [3.8, 4) is 0 Å². The summed E-state index contributed by atoms with van der Waals surface area (Å²) in [6.45, 7) is 1.95. The zero-order valence-corrected chi connectivity index (χ0v) is 10.5. The van der Waals surface area contributed by atoms with Crippen LogP contribution in [-0.4, -0.2) is 29.7 Å². The number of benzene rings is 1. The summed E-state index contributed by atoms with van der Waals surface area (Å²) in [5.41, 5.74) is 0.533. The molecular weight excluding hydrogens is 241 g/mol. The highest BCUT2D eigenvalue weighted by atomic mass is 35.5. The molecule has 1 unspecified atom stereocenters. The molecule has 2 nitrogen and oxygen atoms in total. The van der Waals surface area contributed by atoms with Crippen LogP contribution in [0.2, 0.25) is 5.02 Å². The Labute approximate surface area is 106 Å². The van der Waals surface area contributed by atoms with E-state index in [9.17, 15) is 4.39 Å². The number of hydrogen-bond acceptors (Lipinski definition) is 2. The molecule has 0 saturated carbocycles. The predicted octanol–water partition coefficient (Wildman–Crippen LogP) is 3.00. The van der Waals surface area contributed by atoms with Gasteiger partial charge in [0.05, 0.1) is 0 Å². The van der Waals surface area contributed by atoms with Crippen LogP contribution in [0, 0.1) is 5.82 Å². The Morgan fingerprint density at radius 1 is 1.35 bits per heavy atom. The zero-order chi connectivity index (χ0) is 12.3. The third-order valence-corrected chi connectivity index (χ3v) is 3.65. The summed E-state index contributed by atoms with van der Waals surface area (Å²) in [7, 11) is 0. The van der Waals surface area contributed by atoms with Crippen molar-refractivity contribution in [3.05, 3.63) is 34.6 Å². The lowest BCUT2D eigenvalue weighted by atomic mass is 10.0. The van der Waals surface area contributed by atoms with Gasteiger partial charge in [-0.1, -0.05) is 17.7 Å². The molecule has 1 fully saturated rings. The van der Waals surface area contributed by atoms with Gasteiger partial charge in [0.25, 0.3) is 0 Å². The molecule has 17 heavy (non-hydrogen) atoms. The standard InChI is InChI=1S/C13H17ClFNO/c14-10-4-3-5-11(15)13(10)12(6-9-17)16-7-1-2-8-16/h3-5,12,17H,1-2,6-9H2. The fourth-order valence-electron chi connectivity index (χ4n) is 2.51. The van der Waals surface area contributed by atoms with Crippen LogP contribution in [0.3, 0.4) is 0 Å². The SMILES string of the molecule is OCCC(c1c(F)cccc1Cl)N1CCCC1. The molecule has 0 aliphatic carbocycles. The molecule has 94 valence electrons. The van der Waals surface area contributed by atoms with Crippen molar-refractivity contribution in [3.63, 3.8) is 0 Å². The largest absolute Gasteiger partial charge is 0.396 e. The minimum absolute atomic E-state index is 0.0475. The Hall–Kier alpha value is -0.640. The van der Waals surface area contributed by atoms with E-state index >= 15 is 0 Å². The summed E-state index contributed by atoms with van der Waals surface area (Å²) in [4.78, 5) is 2.21. The summed E-state index contributed by atoms with van der Waals surface area (Å²) >= 11 is 6.09. The quantitative estimate of drug-likeness (QED) is 0.896. The molecule has 0 spiro atoms. The molecule has 0 aromatic heterocycles. The molecule has 1 saturated heterocycles. The van der Waals surface area contributed by atoms with Gasteiger partial charge in [-0.2, -0.15) is 0 Å². The second kappa shape index (κ2) is 5.80. The molecular formula is C13H17ClFNO. The number of hydrogen-bond donors (Lipinski definition) is 1. The smallest absolute Gasteiger partial charge is 0.129 e. The second-order valence-corrected chi connectivity index (χ2v) is 4.81. The first-order valence-corrected chi connectivity index (χ1v) is 6.40. The van der Waals surface area contributed by atoms with Crippen molar-refractivity contribution in [2.45, 2.75) is 25.3 Å². The van der Waals surface area contributed by atoms with E-state index in [4.69, 9.17) is 16.7 Å². The minimum atomic E-state index is -0.275. The molecule has 4 heteroatoms. The highest BCUT2D eigenvalue weighted by molar-refractivity contribution is 6.31. The number of aliphatic hydroxyl groups excluding tert-OH is 1. The number of rotatable bonds is 4. The van der Waals surface area contributed by atoms with Gasteiger partial charge in [0.1, 0.15) is 5.82 Å². The van der Waals surface area contributed by atoms with Crippen molar-refractivity contribution >= 4 is 11.6 Å². The predicted molar refractivity (Wildman–Crippen MR) is 66.7 cm³/mol. The summed E-state index contributed by atoms with van der Waals surface area (Å²) in [5, 5.41) is 9.60. The Kier molecular flexibility index (Phi) is 4.37. The summed E-state index contributed by atoms with van der Waals surface area (Å²) in [5.74, 6) is -0.275. The van der Waals surface area contributed by atoms with Crippen LogP contribution in [0.1, 0.15) is 30.9 Å². The molecule has 1 aromatic carbocycles. The van der Waals surface area contributed by atoms with E-state index in [-0.39, 0.29) is 18.5 Å². The Morgan fingerprint density at radius 2 is 2.06 bits per heavy atom. The lowest BCUT2D eigenvalue weighted by Crippen LogP contribution is -2.27. The van der Waals surface area contributed by atoms with Gasteiger partial charge >= 0.3 is 0 Å². The van der Waals surface area contributed by atoms with Gasteiger partial charge in [0.15, 0.2) is 0 Å². The van der Waals surface area contributed by atoms with Crippen LogP contribution in [0.15, 0.2) is 18.2 Å². The molecule has 1 N–H and O–H groups in total. The molecule has 1 aliphatic rings. The first-order valence-electron chi connectivity index (χ1n) is 6.03. The van der Waals surface area contributed by atoms with Gasteiger partial charge in [0.2, 0.25) is 0 Å². The first-order chi connectivity index (χ1) is 8.24. The van der Waals surface area contributed by atoms with Crippen LogP contribution in [0.25, 0.3) is 0 Å². The van der Waals surface area contributed by atoms with Gasteiger partial charge in [-0.3, -0.25) is 4.90 Å². The topological polar surface area (TPSA) is 23.5 Å². The van der Waals surface area contributed by atoms with E-state index in [1.54, 1.807) is 12.1 Å². The maximum absolute atomic E-state index is 13.9. The number of likely N-dealkylation sites (tertiary alicyclic amines) is 1. The van der Waals surface area contributed by atoms with Gasteiger partial charge in [-0.15, -0.1) is 0 Å². The molecule has 0 amide bonds. The monoisotopic (exact) mass is 257 g/mol. The van der Waals surface area contributed by atoms with E-state index in [1.165, 1.54) is 6.07 Å². The van der Waals surface area contributed by atoms with E-state index in [0.29, 0.717) is 17.0 Å². The van der Waals surface area contributed by atoms with Crippen LogP contribution in [0.5, 0.6) is 0 Å². The van der Waals surface area contributed by atoms with Gasteiger partial charge < -0.3 is 5.11 Å². The second-order valence-electron chi connectivity index (χ2n) is 4.41. The Bertz CT molecular complexity index is 359. The summed E-state index contributed by atoms with van der Waals surface area (Å²) in [6.07, 6.45) is 2.79. The Morgan fingerprint density at radius 3 is 2.65 bits per heavy atom. The van der Waals surface area contributed by atoms with E-state index in [0.717, 1.165) is 25.9 Å². The highest BCUT2D eigenvalue weighted by Gasteiger charge is 2.26. The van der Waals surface area contributed by atoms with Crippen molar-refractivity contribution < 1.29 is 9.50 Å². The van der Waals surface area contributed by atoms with E-state index in [1.807, 2.05) is 0 Å². The van der Waals surface area contributed by atoms with Crippen LogP contribution in [-0.2, 0) is 0 Å². The maximum atomic E-state index is 13.9. The molecule has 1 aliphatic heterocycles. The third-order valence-electron chi connectivity index (χ3n) is 3.32. The normalized spacial score (nSPS) is 18.5. The fourth-order valence-corrected chi connectivity index (χ4v) is 2.80. The lowest BCUT2D eigenvalue weighted by molar-refractivity contribution is 0.182. The minimum Gasteiger partial charge on any atom is -0.396 e. The number of nitrogens with zero attached hydrogens (tertiary/aromatic N) is 1. The highest BCUT2D eigenvalue weighted by Crippen LogP contribution is 2.34. The number of aliphatic hydroxyl groups is 1. The van der Waals surface area contributed by atoms with Crippen molar-refractivity contribution in [1.29, 1.82) is 0 Å². The third kappa shape index (κ3) is 2.79. The lowest BCUT2D eigenvalue weighted by Gasteiger charge is -2.28. The van der Waals surface area contributed by atoms with Gasteiger partial charge in [0, 0.05) is 23.2 Å². The van der Waals surface area contributed by atoms with Crippen LogP contribution >= 0.6 is 11.6 Å². The summed E-state index contributed by atoms with van der Waals surface area (Å²) in [6, 6.07) is 4.65. The van der Waals surface area contributed by atoms with Crippen molar-refractivity contribution in [2.24, 2.45) is 0 Å². The first kappa shape index (κ1) is 12.8. The fraction of sp³-hybridized carbons (Fsp3) is 0.538. The number of halogens is 2. The molecule has 0 radical (unpaired) electrons. The molecule has 1 atom stereocenters. The molecule has 0 bridgehead atoms. The van der Waals surface area contributed by atoms with E-state index < -0.39 is 0 Å². The average Bonchev–Trinajstić information content (AvgIpc) is 2.80. The molecule has 1 aromatic rings. The van der Waals surface area contributed by atoms with E-state index in [2.05, 4.69) is 4.90 Å². The van der Waals surface area contributed by atoms with Crippen LogP contribution in [0.4, 0.5) is 4.39 Å². The van der Waals surface area contributed by atoms with Gasteiger partial charge in [-0.25, -0.2) is 4.39 Å². The van der Waals surface area contributed by atoms with Gasteiger partial charge in [-0.05, 0) is 44.5 Å². The van der Waals surface area contributed by atoms with Crippen LogP contribution < -0.4 is 0 Å². The van der Waals surface area contributed by atoms with Crippen molar-refractivity contribution in [2.75, 3.05) is 19.7 Å². The van der Waals surface area contributed by atoms with Crippen molar-refractivity contribution in [1.82, 2.24) is 4.90 Å². The average molecular weight is 258 g/mol. The zero-order valence-electron chi connectivity index (χ0n) is 9.70. The maximum Gasteiger partial charge on any atom is 0.129 e. The molecule has 1 heterocycles. The summed E-state index contributed by atoms with van der Waals surface area (Å²) < 4.78 is 13.9. The molecule has 2 rings (SSSR count).